The number of ether oxygens (including phenoxy) is 2. The lowest BCUT2D eigenvalue weighted by molar-refractivity contribution is -0.134. The van der Waals surface area contributed by atoms with Crippen molar-refractivity contribution in [3.8, 4) is 11.5 Å². The fourth-order valence-electron chi connectivity index (χ4n) is 5.03. The van der Waals surface area contributed by atoms with Crippen LogP contribution < -0.4 is 9.47 Å². The molecule has 3 aromatic rings. The molecule has 1 atom stereocenters. The van der Waals surface area contributed by atoms with Gasteiger partial charge in [-0.15, -0.1) is 0 Å². The molecule has 1 unspecified atom stereocenters. The SMILES string of the molecule is COc1cc(Cn2ccnc2C2CCN(C(=O)C3Cc4ccccc43)CC2)cc(OC)c1. The van der Waals surface area contributed by atoms with Crippen LogP contribution in [0.4, 0.5) is 0 Å². The minimum Gasteiger partial charge on any atom is -0.497 e. The summed E-state index contributed by atoms with van der Waals surface area (Å²) in [6, 6.07) is 14.2. The van der Waals surface area contributed by atoms with Crippen molar-refractivity contribution in [1.29, 1.82) is 0 Å². The first kappa shape index (κ1) is 20.6. The van der Waals surface area contributed by atoms with Gasteiger partial charge in [0.25, 0.3) is 0 Å². The predicted molar refractivity (Wildman–Crippen MR) is 122 cm³/mol. The molecule has 5 rings (SSSR count). The fraction of sp³-hybridized carbons (Fsp3) is 0.385. The van der Waals surface area contributed by atoms with Gasteiger partial charge in [-0.1, -0.05) is 24.3 Å². The summed E-state index contributed by atoms with van der Waals surface area (Å²) >= 11 is 0. The van der Waals surface area contributed by atoms with Crippen molar-refractivity contribution < 1.29 is 14.3 Å². The summed E-state index contributed by atoms with van der Waals surface area (Å²) in [5, 5.41) is 0. The Kier molecular flexibility index (Phi) is 5.60. The normalized spacial score (nSPS) is 18.1. The molecule has 166 valence electrons. The van der Waals surface area contributed by atoms with Crippen molar-refractivity contribution in [1.82, 2.24) is 14.5 Å². The fourth-order valence-corrected chi connectivity index (χ4v) is 5.03. The highest BCUT2D eigenvalue weighted by Crippen LogP contribution is 2.37. The van der Waals surface area contributed by atoms with Crippen LogP contribution in [0.5, 0.6) is 11.5 Å². The van der Waals surface area contributed by atoms with Gasteiger partial charge in [0, 0.05) is 44.0 Å². The van der Waals surface area contributed by atoms with E-state index in [1.807, 2.05) is 36.7 Å². The minimum absolute atomic E-state index is 0.0489. The third-order valence-electron chi connectivity index (χ3n) is 6.84. The van der Waals surface area contributed by atoms with E-state index in [0.717, 1.165) is 55.2 Å². The average Bonchev–Trinajstić information content (AvgIpc) is 3.27. The van der Waals surface area contributed by atoms with Crippen molar-refractivity contribution in [2.24, 2.45) is 0 Å². The quantitative estimate of drug-likeness (QED) is 0.592. The first-order chi connectivity index (χ1) is 15.7. The van der Waals surface area contributed by atoms with Crippen molar-refractivity contribution in [3.05, 3.63) is 77.4 Å². The number of benzene rings is 2. The van der Waals surface area contributed by atoms with Gasteiger partial charge in [0.2, 0.25) is 5.91 Å². The molecule has 6 heteroatoms. The molecule has 0 spiro atoms. The first-order valence-electron chi connectivity index (χ1n) is 11.3. The number of hydrogen-bond donors (Lipinski definition) is 0. The zero-order valence-electron chi connectivity index (χ0n) is 18.7. The van der Waals surface area contributed by atoms with Gasteiger partial charge in [-0.05, 0) is 48.1 Å². The van der Waals surface area contributed by atoms with Crippen LogP contribution in [0.15, 0.2) is 54.9 Å². The second kappa shape index (κ2) is 8.69. The van der Waals surface area contributed by atoms with E-state index in [1.54, 1.807) is 14.2 Å². The second-order valence-corrected chi connectivity index (χ2v) is 8.69. The van der Waals surface area contributed by atoms with Gasteiger partial charge >= 0.3 is 0 Å². The molecule has 2 aromatic carbocycles. The molecular weight excluding hydrogens is 402 g/mol. The van der Waals surface area contributed by atoms with Gasteiger partial charge < -0.3 is 18.9 Å². The number of amides is 1. The van der Waals surface area contributed by atoms with E-state index in [9.17, 15) is 4.79 Å². The van der Waals surface area contributed by atoms with Gasteiger partial charge in [0.15, 0.2) is 0 Å². The van der Waals surface area contributed by atoms with Gasteiger partial charge in [0.05, 0.1) is 20.1 Å². The number of fused-ring (bicyclic) bond motifs is 1. The van der Waals surface area contributed by atoms with Crippen LogP contribution in [-0.4, -0.2) is 47.7 Å². The van der Waals surface area contributed by atoms with Crippen LogP contribution in [0.25, 0.3) is 0 Å². The van der Waals surface area contributed by atoms with Gasteiger partial charge in [-0.2, -0.15) is 0 Å². The van der Waals surface area contributed by atoms with E-state index in [0.29, 0.717) is 12.5 Å². The van der Waals surface area contributed by atoms with Crippen LogP contribution in [0.1, 0.15) is 47.2 Å². The minimum atomic E-state index is 0.0489. The van der Waals surface area contributed by atoms with E-state index in [1.165, 1.54) is 11.1 Å². The Hall–Kier alpha value is -3.28. The number of hydrogen-bond acceptors (Lipinski definition) is 4. The van der Waals surface area contributed by atoms with Crippen LogP contribution in [-0.2, 0) is 17.8 Å². The summed E-state index contributed by atoms with van der Waals surface area (Å²) in [6.07, 6.45) is 6.67. The molecule has 1 fully saturated rings. The van der Waals surface area contributed by atoms with Crippen LogP contribution >= 0.6 is 0 Å². The summed E-state index contributed by atoms with van der Waals surface area (Å²) in [7, 11) is 3.33. The lowest BCUT2D eigenvalue weighted by Gasteiger charge is -2.37. The van der Waals surface area contributed by atoms with E-state index < -0.39 is 0 Å². The highest BCUT2D eigenvalue weighted by atomic mass is 16.5. The standard InChI is InChI=1S/C26H29N3O3/c1-31-21-13-18(14-22(16-21)32-2)17-29-12-9-27-25(29)19-7-10-28(11-8-19)26(30)24-15-20-5-3-4-6-23(20)24/h3-6,9,12-14,16,19,24H,7-8,10-11,15,17H2,1-2H3. The Morgan fingerprint density at radius 3 is 2.47 bits per heavy atom. The number of nitrogens with zero attached hydrogens (tertiary/aromatic N) is 3. The Labute approximate surface area is 188 Å². The Bertz CT molecular complexity index is 1090. The van der Waals surface area contributed by atoms with E-state index in [4.69, 9.17) is 9.47 Å². The molecule has 0 saturated carbocycles. The number of imidazole rings is 1. The second-order valence-electron chi connectivity index (χ2n) is 8.69. The molecular formula is C26H29N3O3. The van der Waals surface area contributed by atoms with E-state index >= 15 is 0 Å². The van der Waals surface area contributed by atoms with Crippen LogP contribution in [0.2, 0.25) is 0 Å². The predicted octanol–water partition coefficient (Wildman–Crippen LogP) is 3.99. The Balaban J connectivity index is 1.24. The molecule has 0 radical (unpaired) electrons. The number of rotatable bonds is 6. The maximum absolute atomic E-state index is 13.0. The third-order valence-corrected chi connectivity index (χ3v) is 6.84. The van der Waals surface area contributed by atoms with Crippen LogP contribution in [0.3, 0.4) is 0 Å². The molecule has 1 aromatic heterocycles. The monoisotopic (exact) mass is 431 g/mol. The number of carbonyl (C=O) groups excluding carboxylic acids is 1. The maximum Gasteiger partial charge on any atom is 0.230 e. The number of methoxy groups -OCH3 is 2. The zero-order valence-corrected chi connectivity index (χ0v) is 18.7. The molecule has 1 amide bonds. The van der Waals surface area contributed by atoms with E-state index in [2.05, 4.69) is 32.7 Å². The molecule has 0 N–H and O–H groups in total. The number of aromatic nitrogens is 2. The molecule has 0 bridgehead atoms. The summed E-state index contributed by atoms with van der Waals surface area (Å²) in [5.41, 5.74) is 3.64. The maximum atomic E-state index is 13.0. The molecule has 2 heterocycles. The zero-order chi connectivity index (χ0) is 22.1. The van der Waals surface area contributed by atoms with Crippen molar-refractivity contribution in [2.45, 2.75) is 37.6 Å². The third kappa shape index (κ3) is 3.85. The molecule has 1 saturated heterocycles. The van der Waals surface area contributed by atoms with Crippen molar-refractivity contribution in [3.63, 3.8) is 0 Å². The molecule has 6 nitrogen and oxygen atoms in total. The first-order valence-corrected chi connectivity index (χ1v) is 11.3. The average molecular weight is 432 g/mol. The summed E-state index contributed by atoms with van der Waals surface area (Å²) < 4.78 is 13.0. The Morgan fingerprint density at radius 2 is 1.78 bits per heavy atom. The summed E-state index contributed by atoms with van der Waals surface area (Å²) in [5.74, 6) is 3.35. The molecule has 32 heavy (non-hydrogen) atoms. The number of carbonyl (C=O) groups is 1. The lowest BCUT2D eigenvalue weighted by atomic mass is 9.76. The molecule has 1 aliphatic heterocycles. The summed E-state index contributed by atoms with van der Waals surface area (Å²) in [6.45, 7) is 2.30. The van der Waals surface area contributed by atoms with Gasteiger partial charge in [-0.25, -0.2) is 4.98 Å². The smallest absolute Gasteiger partial charge is 0.230 e. The Morgan fingerprint density at radius 1 is 1.06 bits per heavy atom. The lowest BCUT2D eigenvalue weighted by Crippen LogP contribution is -2.43. The van der Waals surface area contributed by atoms with Crippen molar-refractivity contribution in [2.75, 3.05) is 27.3 Å². The van der Waals surface area contributed by atoms with Gasteiger partial charge in [0.1, 0.15) is 17.3 Å². The highest BCUT2D eigenvalue weighted by Gasteiger charge is 2.36. The van der Waals surface area contributed by atoms with Crippen molar-refractivity contribution >= 4 is 5.91 Å². The number of piperidine rings is 1. The number of likely N-dealkylation sites (tertiary alicyclic amines) is 1. The molecule has 2 aliphatic rings. The van der Waals surface area contributed by atoms with Gasteiger partial charge in [-0.3, -0.25) is 4.79 Å². The van der Waals surface area contributed by atoms with E-state index in [-0.39, 0.29) is 11.8 Å². The van der Waals surface area contributed by atoms with Crippen LogP contribution in [0, 0.1) is 0 Å². The topological polar surface area (TPSA) is 56.6 Å². The largest absolute Gasteiger partial charge is 0.497 e. The molecule has 1 aliphatic carbocycles. The highest BCUT2D eigenvalue weighted by molar-refractivity contribution is 5.87. The summed E-state index contributed by atoms with van der Waals surface area (Å²) in [4.78, 5) is 19.8.